The summed E-state index contributed by atoms with van der Waals surface area (Å²) in [6.45, 7) is 0.670. The Balaban J connectivity index is 1.69. The van der Waals surface area contributed by atoms with E-state index >= 15 is 0 Å². The summed E-state index contributed by atoms with van der Waals surface area (Å²) in [4.78, 5) is 13.1. The minimum Gasteiger partial charge on any atom is -0.382 e. The first kappa shape index (κ1) is 14.7. The molecule has 1 aromatic carbocycles. The van der Waals surface area contributed by atoms with Crippen LogP contribution in [0.1, 0.15) is 11.4 Å². The van der Waals surface area contributed by atoms with Crippen LogP contribution in [0, 0.1) is 43.4 Å². The monoisotopic (exact) mass is 312 g/mol. The van der Waals surface area contributed by atoms with Crippen molar-refractivity contribution in [2.24, 2.45) is 0 Å². The highest BCUT2D eigenvalue weighted by atomic mass is 15.1. The van der Waals surface area contributed by atoms with Crippen LogP contribution in [0.5, 0.6) is 0 Å². The van der Waals surface area contributed by atoms with Crippen LogP contribution in [0.15, 0.2) is 36.7 Å². The van der Waals surface area contributed by atoms with Gasteiger partial charge in [0.1, 0.15) is 5.52 Å². The second-order valence-corrected chi connectivity index (χ2v) is 5.39. The van der Waals surface area contributed by atoms with Crippen LogP contribution in [0.25, 0.3) is 11.2 Å². The van der Waals surface area contributed by atoms with E-state index in [0.717, 1.165) is 5.92 Å². The van der Waals surface area contributed by atoms with Crippen molar-refractivity contribution in [1.82, 2.24) is 19.5 Å². The van der Waals surface area contributed by atoms with Crippen molar-refractivity contribution in [2.45, 2.75) is 6.54 Å². The van der Waals surface area contributed by atoms with Gasteiger partial charge in [-0.3, -0.25) is 0 Å². The van der Waals surface area contributed by atoms with Crippen LogP contribution in [0.3, 0.4) is 0 Å². The lowest BCUT2D eigenvalue weighted by Gasteiger charge is -2.04. The van der Waals surface area contributed by atoms with Crippen LogP contribution in [0.4, 0.5) is 5.82 Å². The molecule has 1 aliphatic carbocycles. The van der Waals surface area contributed by atoms with Gasteiger partial charge in [0.25, 0.3) is 0 Å². The number of aromatic nitrogens is 4. The molecule has 0 bridgehead atoms. The highest BCUT2D eigenvalue weighted by molar-refractivity contribution is 5.82. The molecule has 1 saturated carbocycles. The number of hydrogen-bond donors (Lipinski definition) is 1. The third-order valence-corrected chi connectivity index (χ3v) is 3.67. The van der Waals surface area contributed by atoms with E-state index in [4.69, 9.17) is 5.73 Å². The van der Waals surface area contributed by atoms with Crippen LogP contribution in [-0.4, -0.2) is 19.5 Å². The smallest absolute Gasteiger partial charge is 0.208 e. The van der Waals surface area contributed by atoms with E-state index in [1.807, 2.05) is 48.4 Å². The van der Waals surface area contributed by atoms with Gasteiger partial charge in [0, 0.05) is 0 Å². The Morgan fingerprint density at radius 1 is 1.00 bits per heavy atom. The Morgan fingerprint density at radius 2 is 1.79 bits per heavy atom. The summed E-state index contributed by atoms with van der Waals surface area (Å²) in [6.07, 6.45) is 9.49. The lowest BCUT2D eigenvalue weighted by molar-refractivity contribution is 0.812. The molecule has 5 radical (unpaired) electrons. The fourth-order valence-electron chi connectivity index (χ4n) is 2.50. The summed E-state index contributed by atoms with van der Waals surface area (Å²) < 4.78 is 1.95. The number of nitrogen functional groups attached to an aromatic ring is 1. The van der Waals surface area contributed by atoms with Crippen molar-refractivity contribution in [3.8, 4) is 11.8 Å². The number of imidazole rings is 1. The molecule has 5 heteroatoms. The zero-order valence-corrected chi connectivity index (χ0v) is 12.8. The summed E-state index contributed by atoms with van der Waals surface area (Å²) in [7, 11) is 0. The number of nitrogens with two attached hydrogens (primary N) is 1. The molecule has 24 heavy (non-hydrogen) atoms. The maximum absolute atomic E-state index is 6.02. The van der Waals surface area contributed by atoms with E-state index in [2.05, 4.69) is 38.9 Å². The van der Waals surface area contributed by atoms with E-state index in [-0.39, 0.29) is 0 Å². The van der Waals surface area contributed by atoms with E-state index in [0.29, 0.717) is 29.4 Å². The molecule has 0 aliphatic heterocycles. The topological polar surface area (TPSA) is 69.6 Å². The van der Waals surface area contributed by atoms with Crippen molar-refractivity contribution in [3.63, 3.8) is 0 Å². The average Bonchev–Trinajstić information content (AvgIpc) is 3.25. The van der Waals surface area contributed by atoms with Gasteiger partial charge in [0.05, 0.1) is 18.8 Å². The van der Waals surface area contributed by atoms with Crippen molar-refractivity contribution in [2.75, 3.05) is 5.73 Å². The second-order valence-electron chi connectivity index (χ2n) is 5.39. The van der Waals surface area contributed by atoms with Crippen LogP contribution < -0.4 is 5.73 Å². The molecule has 115 valence electrons. The van der Waals surface area contributed by atoms with E-state index in [1.165, 1.54) is 5.56 Å². The van der Waals surface area contributed by atoms with Gasteiger partial charge in [-0.25, -0.2) is 15.0 Å². The predicted molar refractivity (Wildman–Crippen MR) is 92.6 cm³/mol. The highest BCUT2D eigenvalue weighted by Gasteiger charge is 2.15. The molecule has 1 aliphatic rings. The third kappa shape index (κ3) is 2.95. The number of nitrogens with zero attached hydrogens (tertiary/aromatic N) is 4. The van der Waals surface area contributed by atoms with Gasteiger partial charge in [0.2, 0.25) is 5.82 Å². The lowest BCUT2D eigenvalue weighted by Crippen LogP contribution is -2.03. The Bertz CT molecular complexity index is 911. The Kier molecular flexibility index (Phi) is 3.87. The standard InChI is InChI=1S/C19H14N5/c20-18-17-19(23-16(22-18)11-10-14-6-4-5-7-14)24(13-21-17)12-15-8-2-1-3-9-15/h1-9,13H,12H2,(H2,20,22,23). The molecule has 0 atom stereocenters. The second kappa shape index (κ2) is 6.32. The van der Waals surface area contributed by atoms with Crippen molar-refractivity contribution >= 4 is 17.0 Å². The molecule has 5 nitrogen and oxygen atoms in total. The number of hydrogen-bond acceptors (Lipinski definition) is 4. The molecule has 0 unspecified atom stereocenters. The van der Waals surface area contributed by atoms with Crippen LogP contribution in [0.2, 0.25) is 0 Å². The minimum atomic E-state index is 0.346. The molecule has 2 heterocycles. The molecule has 0 amide bonds. The Hall–Kier alpha value is -2.87. The SMILES string of the molecule is Nc1nc(C#C[C]2[CH][CH][CH][CH]2)nc2c1ncn2Cc1ccccc1. The Labute approximate surface area is 141 Å². The molecule has 0 saturated heterocycles. The molecule has 1 fully saturated rings. The zero-order valence-electron chi connectivity index (χ0n) is 12.8. The average molecular weight is 312 g/mol. The highest BCUT2D eigenvalue weighted by Crippen LogP contribution is 2.22. The maximum Gasteiger partial charge on any atom is 0.208 e. The molecule has 3 aromatic rings. The lowest BCUT2D eigenvalue weighted by atomic mass is 10.1. The first-order chi connectivity index (χ1) is 11.8. The minimum absolute atomic E-state index is 0.346. The van der Waals surface area contributed by atoms with Crippen LogP contribution >= 0.6 is 0 Å². The van der Waals surface area contributed by atoms with Gasteiger partial charge in [0.15, 0.2) is 11.5 Å². The summed E-state index contributed by atoms with van der Waals surface area (Å²) >= 11 is 0. The largest absolute Gasteiger partial charge is 0.382 e. The van der Waals surface area contributed by atoms with Gasteiger partial charge >= 0.3 is 0 Å². The summed E-state index contributed by atoms with van der Waals surface area (Å²) in [6, 6.07) is 10.1. The zero-order chi connectivity index (χ0) is 16.4. The van der Waals surface area contributed by atoms with Crippen LogP contribution in [-0.2, 0) is 6.54 Å². The summed E-state index contributed by atoms with van der Waals surface area (Å²) in [5, 5.41) is 0. The number of fused-ring (bicyclic) bond motifs is 1. The van der Waals surface area contributed by atoms with E-state index in [1.54, 1.807) is 6.33 Å². The first-order valence-corrected chi connectivity index (χ1v) is 7.55. The summed E-state index contributed by atoms with van der Waals surface area (Å²) in [5.74, 6) is 7.67. The fraction of sp³-hybridized carbons (Fsp3) is 0.0526. The molecule has 2 aromatic heterocycles. The molecule has 4 rings (SSSR count). The van der Waals surface area contributed by atoms with Gasteiger partial charge in [-0.15, -0.1) is 0 Å². The maximum atomic E-state index is 6.02. The van der Waals surface area contributed by atoms with Crippen molar-refractivity contribution in [1.29, 1.82) is 0 Å². The van der Waals surface area contributed by atoms with Crippen molar-refractivity contribution in [3.05, 3.63) is 79.6 Å². The molecular formula is C19H14N5. The van der Waals surface area contributed by atoms with Gasteiger partial charge < -0.3 is 10.3 Å². The van der Waals surface area contributed by atoms with E-state index in [9.17, 15) is 0 Å². The fourth-order valence-corrected chi connectivity index (χ4v) is 2.50. The number of rotatable bonds is 2. The summed E-state index contributed by atoms with van der Waals surface area (Å²) in [5.41, 5.74) is 8.48. The molecule has 2 N–H and O–H groups in total. The predicted octanol–water partition coefficient (Wildman–Crippen LogP) is 2.21. The number of benzene rings is 1. The quantitative estimate of drug-likeness (QED) is 0.737. The normalized spacial score (nSPS) is 14.7. The van der Waals surface area contributed by atoms with Gasteiger partial charge in [-0.05, 0) is 37.2 Å². The Morgan fingerprint density at radius 3 is 2.58 bits per heavy atom. The molecule has 0 spiro atoms. The van der Waals surface area contributed by atoms with Gasteiger partial charge in [-0.1, -0.05) is 36.3 Å². The molecular weight excluding hydrogens is 298 g/mol. The number of anilines is 1. The van der Waals surface area contributed by atoms with Gasteiger partial charge in [-0.2, -0.15) is 0 Å². The van der Waals surface area contributed by atoms with Crippen molar-refractivity contribution < 1.29 is 0 Å². The third-order valence-electron chi connectivity index (χ3n) is 3.67. The first-order valence-electron chi connectivity index (χ1n) is 7.55. The van der Waals surface area contributed by atoms with E-state index < -0.39 is 0 Å².